The summed E-state index contributed by atoms with van der Waals surface area (Å²) in [5.41, 5.74) is 0. The van der Waals surface area contributed by atoms with Gasteiger partial charge in [-0.05, 0) is 44.2 Å². The van der Waals surface area contributed by atoms with E-state index in [1.165, 1.54) is 18.4 Å². The fourth-order valence-electron chi connectivity index (χ4n) is 3.16. The first-order valence-corrected chi connectivity index (χ1v) is 11.0. The number of aliphatic imine (C=N–C) groups is 1. The number of ether oxygens (including phenoxy) is 1. The van der Waals surface area contributed by atoms with Crippen LogP contribution in [0.25, 0.3) is 0 Å². The van der Waals surface area contributed by atoms with Crippen LogP contribution < -0.4 is 5.32 Å². The largest absolute Gasteiger partial charge is 0.469 e. The van der Waals surface area contributed by atoms with Crippen LogP contribution in [0.1, 0.15) is 39.0 Å². The maximum absolute atomic E-state index is 11.1. The van der Waals surface area contributed by atoms with Crippen molar-refractivity contribution in [2.24, 2.45) is 10.9 Å². The molecule has 1 aromatic rings. The molecule has 0 radical (unpaired) electrons. The molecule has 0 amide bonds. The maximum atomic E-state index is 11.1. The number of nitrogens with zero attached hydrogens (tertiary/aromatic N) is 2. The Bertz CT molecular complexity index is 586. The quantitative estimate of drug-likeness (QED) is 0.124. The van der Waals surface area contributed by atoms with Gasteiger partial charge < -0.3 is 15.0 Å². The van der Waals surface area contributed by atoms with Crippen LogP contribution >= 0.6 is 35.7 Å². The molecule has 0 bridgehead atoms. The number of guanidine groups is 1. The van der Waals surface area contributed by atoms with Crippen LogP contribution in [-0.4, -0.2) is 55.9 Å². The fourth-order valence-corrected chi connectivity index (χ4v) is 4.21. The maximum Gasteiger partial charge on any atom is 0.305 e. The molecule has 0 spiro atoms. The van der Waals surface area contributed by atoms with Crippen LogP contribution in [0.5, 0.6) is 0 Å². The number of halogens is 1. The molecule has 7 heteroatoms. The summed E-state index contributed by atoms with van der Waals surface area (Å²) in [7, 11) is 1.44. The summed E-state index contributed by atoms with van der Waals surface area (Å²) in [4.78, 5) is 19.7. The summed E-state index contributed by atoms with van der Waals surface area (Å²) in [6, 6.07) is 10.6. The normalized spacial score (nSPS) is 16.6. The molecule has 1 fully saturated rings. The van der Waals surface area contributed by atoms with E-state index < -0.39 is 0 Å². The standard InChI is InChI=1S/C21H33N3O2S.HI/c1-3-22-21(23-14-9-5-8-12-20(25)26-2)24-15-13-18(16-24)17-27-19-10-6-4-7-11-19;/h4,6-7,10-11,18H,3,5,8-9,12-17H2,1-2H3,(H,22,23);1H. The third kappa shape index (κ3) is 9.49. The number of carbonyl (C=O) groups excluding carboxylic acids is 1. The number of benzene rings is 1. The Labute approximate surface area is 191 Å². The smallest absolute Gasteiger partial charge is 0.305 e. The molecule has 1 aliphatic rings. The van der Waals surface area contributed by atoms with Crippen molar-refractivity contribution in [3.8, 4) is 0 Å². The van der Waals surface area contributed by atoms with Gasteiger partial charge in [0.25, 0.3) is 0 Å². The topological polar surface area (TPSA) is 53.9 Å². The Morgan fingerprint density at radius 3 is 2.79 bits per heavy atom. The Kier molecular flexibility index (Phi) is 13.4. The highest BCUT2D eigenvalue weighted by Crippen LogP contribution is 2.25. The minimum atomic E-state index is -0.122. The number of methoxy groups -OCH3 is 1. The van der Waals surface area contributed by atoms with Gasteiger partial charge in [-0.25, -0.2) is 0 Å². The molecule has 1 heterocycles. The van der Waals surface area contributed by atoms with Gasteiger partial charge in [0, 0.05) is 43.2 Å². The summed E-state index contributed by atoms with van der Waals surface area (Å²) >= 11 is 1.95. The van der Waals surface area contributed by atoms with E-state index in [-0.39, 0.29) is 29.9 Å². The zero-order chi connectivity index (χ0) is 19.3. The predicted octanol–water partition coefficient (Wildman–Crippen LogP) is 4.42. The third-order valence-electron chi connectivity index (χ3n) is 4.68. The molecule has 1 aliphatic heterocycles. The second-order valence-corrected chi connectivity index (χ2v) is 7.94. The minimum absolute atomic E-state index is 0. The molecular weight excluding hydrogens is 485 g/mol. The second-order valence-electron chi connectivity index (χ2n) is 6.85. The first kappa shape index (κ1) is 25.1. The molecule has 0 aliphatic carbocycles. The summed E-state index contributed by atoms with van der Waals surface area (Å²) in [5.74, 6) is 2.79. The van der Waals surface area contributed by atoms with Gasteiger partial charge in [-0.3, -0.25) is 9.79 Å². The van der Waals surface area contributed by atoms with Crippen LogP contribution in [0, 0.1) is 5.92 Å². The van der Waals surface area contributed by atoms with Crippen LogP contribution in [0.2, 0.25) is 0 Å². The molecule has 1 unspecified atom stereocenters. The lowest BCUT2D eigenvalue weighted by atomic mass is 10.2. The summed E-state index contributed by atoms with van der Waals surface area (Å²) in [6.07, 6.45) is 4.62. The molecular formula is C21H34IN3O2S. The molecule has 1 aromatic carbocycles. The monoisotopic (exact) mass is 519 g/mol. The Morgan fingerprint density at radius 2 is 2.07 bits per heavy atom. The highest BCUT2D eigenvalue weighted by atomic mass is 127. The molecule has 1 saturated heterocycles. The van der Waals surface area contributed by atoms with Gasteiger partial charge in [-0.2, -0.15) is 0 Å². The lowest BCUT2D eigenvalue weighted by molar-refractivity contribution is -0.140. The van der Waals surface area contributed by atoms with Gasteiger partial charge in [0.2, 0.25) is 0 Å². The van der Waals surface area contributed by atoms with Crippen molar-refractivity contribution < 1.29 is 9.53 Å². The summed E-state index contributed by atoms with van der Waals surface area (Å²) < 4.78 is 4.67. The average molecular weight is 519 g/mol. The van der Waals surface area contributed by atoms with E-state index in [2.05, 4.69) is 52.2 Å². The average Bonchev–Trinajstić information content (AvgIpc) is 3.17. The second kappa shape index (κ2) is 15.0. The lowest BCUT2D eigenvalue weighted by Crippen LogP contribution is -2.40. The first-order chi connectivity index (χ1) is 13.2. The number of carbonyl (C=O) groups is 1. The van der Waals surface area contributed by atoms with Crippen molar-refractivity contribution in [1.82, 2.24) is 10.2 Å². The number of thioether (sulfide) groups is 1. The van der Waals surface area contributed by atoms with E-state index in [4.69, 9.17) is 4.99 Å². The van der Waals surface area contributed by atoms with Crippen molar-refractivity contribution in [2.45, 2.75) is 43.9 Å². The molecule has 0 saturated carbocycles. The SMILES string of the molecule is CCNC(=NCCCCCC(=O)OC)N1CCC(CSc2ccccc2)C1.I. The Balaban J connectivity index is 0.00000392. The molecule has 158 valence electrons. The van der Waals surface area contributed by atoms with Crippen molar-refractivity contribution in [3.05, 3.63) is 30.3 Å². The Morgan fingerprint density at radius 1 is 1.29 bits per heavy atom. The number of likely N-dealkylation sites (tertiary alicyclic amines) is 1. The number of rotatable bonds is 10. The molecule has 28 heavy (non-hydrogen) atoms. The molecule has 1 atom stereocenters. The summed E-state index contributed by atoms with van der Waals surface area (Å²) in [6.45, 7) is 5.97. The van der Waals surface area contributed by atoms with Crippen molar-refractivity contribution in [1.29, 1.82) is 0 Å². The van der Waals surface area contributed by atoms with E-state index in [1.807, 2.05) is 11.8 Å². The highest BCUT2D eigenvalue weighted by Gasteiger charge is 2.24. The molecule has 2 rings (SSSR count). The Hall–Kier alpha value is -0.960. The molecule has 5 nitrogen and oxygen atoms in total. The number of nitrogens with one attached hydrogen (secondary N) is 1. The highest BCUT2D eigenvalue weighted by molar-refractivity contribution is 14.0. The molecule has 0 aromatic heterocycles. The van der Waals surface area contributed by atoms with Crippen LogP contribution in [-0.2, 0) is 9.53 Å². The van der Waals surface area contributed by atoms with Crippen LogP contribution in [0.15, 0.2) is 40.2 Å². The van der Waals surface area contributed by atoms with Gasteiger partial charge in [0.15, 0.2) is 5.96 Å². The van der Waals surface area contributed by atoms with E-state index >= 15 is 0 Å². The van der Waals surface area contributed by atoms with E-state index in [9.17, 15) is 4.79 Å². The van der Waals surface area contributed by atoms with Gasteiger partial charge >= 0.3 is 5.97 Å². The first-order valence-electron chi connectivity index (χ1n) is 10.0. The van der Waals surface area contributed by atoms with E-state index in [1.54, 1.807) is 0 Å². The predicted molar refractivity (Wildman–Crippen MR) is 129 cm³/mol. The van der Waals surface area contributed by atoms with E-state index in [0.717, 1.165) is 57.2 Å². The molecule has 1 N–H and O–H groups in total. The minimum Gasteiger partial charge on any atom is -0.469 e. The zero-order valence-electron chi connectivity index (χ0n) is 17.1. The number of unbranched alkanes of at least 4 members (excludes halogenated alkanes) is 2. The number of hydrogen-bond acceptors (Lipinski definition) is 4. The van der Waals surface area contributed by atoms with Gasteiger partial charge in [-0.15, -0.1) is 35.7 Å². The zero-order valence-corrected chi connectivity index (χ0v) is 20.2. The number of hydrogen-bond donors (Lipinski definition) is 1. The van der Waals surface area contributed by atoms with Crippen LogP contribution in [0.4, 0.5) is 0 Å². The van der Waals surface area contributed by atoms with Crippen molar-refractivity contribution >= 4 is 47.7 Å². The van der Waals surface area contributed by atoms with Gasteiger partial charge in [0.05, 0.1) is 7.11 Å². The van der Waals surface area contributed by atoms with Gasteiger partial charge in [-0.1, -0.05) is 24.6 Å². The van der Waals surface area contributed by atoms with Gasteiger partial charge in [0.1, 0.15) is 0 Å². The van der Waals surface area contributed by atoms with Crippen LogP contribution in [0.3, 0.4) is 0 Å². The summed E-state index contributed by atoms with van der Waals surface area (Å²) in [5, 5.41) is 3.43. The van der Waals surface area contributed by atoms with E-state index in [0.29, 0.717) is 12.3 Å². The van der Waals surface area contributed by atoms with Crippen molar-refractivity contribution in [3.63, 3.8) is 0 Å². The van der Waals surface area contributed by atoms with Crippen molar-refractivity contribution in [2.75, 3.05) is 39.0 Å². The fraction of sp³-hybridized carbons (Fsp3) is 0.619. The third-order valence-corrected chi connectivity index (χ3v) is 5.92. The number of esters is 1. The lowest BCUT2D eigenvalue weighted by Gasteiger charge is -2.21.